The predicted octanol–water partition coefficient (Wildman–Crippen LogP) is 1.66. The molecule has 27 heavy (non-hydrogen) atoms. The first-order chi connectivity index (χ1) is 12.5. The van der Waals surface area contributed by atoms with Crippen molar-refractivity contribution in [2.75, 3.05) is 12.8 Å². The molecule has 0 saturated carbocycles. The Labute approximate surface area is 159 Å². The Morgan fingerprint density at radius 3 is 2.41 bits per heavy atom. The summed E-state index contributed by atoms with van der Waals surface area (Å²) in [6.45, 7) is 6.04. The molecule has 0 radical (unpaired) electrons. The van der Waals surface area contributed by atoms with Crippen LogP contribution in [0.1, 0.15) is 32.8 Å². The summed E-state index contributed by atoms with van der Waals surface area (Å²) < 4.78 is 32.9. The molecule has 0 bridgehead atoms. The van der Waals surface area contributed by atoms with Gasteiger partial charge in [-0.05, 0) is 26.3 Å². The average Bonchev–Trinajstić information content (AvgIpc) is 2.96. The van der Waals surface area contributed by atoms with E-state index in [0.29, 0.717) is 0 Å². The van der Waals surface area contributed by atoms with Gasteiger partial charge in [0.1, 0.15) is 6.61 Å². The van der Waals surface area contributed by atoms with Crippen LogP contribution in [0.25, 0.3) is 0 Å². The van der Waals surface area contributed by atoms with Crippen LogP contribution in [0.4, 0.5) is 4.79 Å². The third-order valence-corrected chi connectivity index (χ3v) is 4.80. The highest BCUT2D eigenvalue weighted by Gasteiger charge is 2.44. The molecule has 1 aromatic carbocycles. The summed E-state index contributed by atoms with van der Waals surface area (Å²) in [6, 6.07) is 8.41. The number of amides is 2. The normalized spacial score (nSPS) is 21.0. The van der Waals surface area contributed by atoms with Gasteiger partial charge in [-0.1, -0.05) is 30.3 Å². The first-order valence-electron chi connectivity index (χ1n) is 8.62. The molecule has 1 aliphatic heterocycles. The van der Waals surface area contributed by atoms with Crippen molar-refractivity contribution in [2.45, 2.75) is 51.5 Å². The lowest BCUT2D eigenvalue weighted by Gasteiger charge is -2.35. The number of benzene rings is 1. The smallest absolute Gasteiger partial charge is 0.414 e. The van der Waals surface area contributed by atoms with Crippen molar-refractivity contribution in [1.29, 1.82) is 0 Å². The van der Waals surface area contributed by atoms with Crippen LogP contribution in [0.15, 0.2) is 30.3 Å². The van der Waals surface area contributed by atoms with Gasteiger partial charge in [0.25, 0.3) is 10.1 Å². The van der Waals surface area contributed by atoms with Crippen molar-refractivity contribution in [3.8, 4) is 0 Å². The number of rotatable bonds is 5. The summed E-state index contributed by atoms with van der Waals surface area (Å²) >= 11 is 0. The fourth-order valence-corrected chi connectivity index (χ4v) is 3.68. The number of likely N-dealkylation sites (tertiary alicyclic amines) is 1. The highest BCUT2D eigenvalue weighted by Crippen LogP contribution is 2.29. The van der Waals surface area contributed by atoms with Crippen LogP contribution in [-0.2, 0) is 30.4 Å². The number of ether oxygens (including phenoxy) is 1. The van der Waals surface area contributed by atoms with Gasteiger partial charge in [0, 0.05) is 18.5 Å². The first kappa shape index (κ1) is 21.3. The van der Waals surface area contributed by atoms with E-state index >= 15 is 0 Å². The summed E-state index contributed by atoms with van der Waals surface area (Å²) in [7, 11) is -3.64. The van der Waals surface area contributed by atoms with E-state index in [2.05, 4.69) is 5.32 Å². The van der Waals surface area contributed by atoms with Crippen LogP contribution in [0.2, 0.25) is 0 Å². The molecule has 150 valence electrons. The number of imide groups is 1. The summed E-state index contributed by atoms with van der Waals surface area (Å²) in [5.74, 6) is -0.539. The number of nitrogens with zero attached hydrogens (tertiary/aromatic N) is 1. The molecular formula is C18H26N2O6S. The zero-order valence-corrected chi connectivity index (χ0v) is 16.8. The highest BCUT2D eigenvalue weighted by molar-refractivity contribution is 7.86. The minimum atomic E-state index is -3.64. The van der Waals surface area contributed by atoms with Crippen LogP contribution in [0.3, 0.4) is 0 Å². The Morgan fingerprint density at radius 2 is 1.85 bits per heavy atom. The van der Waals surface area contributed by atoms with Gasteiger partial charge < -0.3 is 4.74 Å². The Hall–Kier alpha value is -1.97. The molecule has 1 N–H and O–H groups in total. The standard InChI is InChI=1S/C18H26N2O6S/c1-18(2,3)20-11-14(26-27(4,23)24)10-15(20)16(21)19-17(22)25-12-13-8-6-5-7-9-13/h5-9,14-15H,10-12H2,1-4H3,(H,19,21,22)/t14-,15-/m0/s1. The second-order valence-electron chi connectivity index (χ2n) is 7.55. The Morgan fingerprint density at radius 1 is 1.22 bits per heavy atom. The lowest BCUT2D eigenvalue weighted by molar-refractivity contribution is -0.126. The number of carbonyl (C=O) groups excluding carboxylic acids is 2. The lowest BCUT2D eigenvalue weighted by Crippen LogP contribution is -2.52. The van der Waals surface area contributed by atoms with Crippen LogP contribution in [0.5, 0.6) is 0 Å². The molecule has 1 aromatic rings. The van der Waals surface area contributed by atoms with Crippen molar-refractivity contribution < 1.29 is 26.9 Å². The molecule has 0 unspecified atom stereocenters. The van der Waals surface area contributed by atoms with Crippen molar-refractivity contribution in [1.82, 2.24) is 10.2 Å². The number of alkyl carbamates (subject to hydrolysis) is 1. The van der Waals surface area contributed by atoms with E-state index in [-0.39, 0.29) is 19.6 Å². The van der Waals surface area contributed by atoms with Gasteiger partial charge in [-0.25, -0.2) is 4.79 Å². The monoisotopic (exact) mass is 398 g/mol. The van der Waals surface area contributed by atoms with E-state index < -0.39 is 39.8 Å². The molecule has 1 fully saturated rings. The quantitative estimate of drug-likeness (QED) is 0.753. The lowest BCUT2D eigenvalue weighted by atomic mass is 10.0. The Bertz CT molecular complexity index is 773. The maximum atomic E-state index is 12.6. The van der Waals surface area contributed by atoms with Crippen molar-refractivity contribution in [3.05, 3.63) is 35.9 Å². The minimum Gasteiger partial charge on any atom is -0.444 e. The first-order valence-corrected chi connectivity index (χ1v) is 10.4. The topological polar surface area (TPSA) is 102 Å². The van der Waals surface area contributed by atoms with Crippen molar-refractivity contribution in [3.63, 3.8) is 0 Å². The third-order valence-electron chi connectivity index (χ3n) is 4.18. The van der Waals surface area contributed by atoms with Gasteiger partial charge in [0.05, 0.1) is 18.4 Å². The molecule has 8 nitrogen and oxygen atoms in total. The average molecular weight is 398 g/mol. The molecule has 2 rings (SSSR count). The van der Waals surface area contributed by atoms with Crippen molar-refractivity contribution in [2.24, 2.45) is 0 Å². The zero-order valence-electron chi connectivity index (χ0n) is 16.0. The Balaban J connectivity index is 1.98. The van der Waals surface area contributed by atoms with Crippen LogP contribution < -0.4 is 5.32 Å². The highest BCUT2D eigenvalue weighted by atomic mass is 32.2. The van der Waals surface area contributed by atoms with Gasteiger partial charge in [-0.2, -0.15) is 8.42 Å². The van der Waals surface area contributed by atoms with Gasteiger partial charge in [-0.3, -0.25) is 19.2 Å². The summed E-state index contributed by atoms with van der Waals surface area (Å²) in [6.07, 6.45) is -0.342. The fraction of sp³-hybridized carbons (Fsp3) is 0.556. The molecule has 2 atom stereocenters. The Kier molecular flexibility index (Phi) is 6.61. The maximum absolute atomic E-state index is 12.6. The SMILES string of the molecule is CC(C)(C)N1C[C@@H](OS(C)(=O)=O)C[C@H]1C(=O)NC(=O)OCc1ccccc1. The zero-order chi connectivity index (χ0) is 20.2. The summed E-state index contributed by atoms with van der Waals surface area (Å²) in [4.78, 5) is 26.3. The van der Waals surface area contributed by atoms with E-state index in [1.165, 1.54) is 0 Å². The molecule has 0 aromatic heterocycles. The van der Waals surface area contributed by atoms with Crippen LogP contribution in [-0.4, -0.2) is 55.8 Å². The van der Waals surface area contributed by atoms with Gasteiger partial charge in [0.2, 0.25) is 5.91 Å². The molecule has 0 spiro atoms. The van der Waals surface area contributed by atoms with E-state index in [4.69, 9.17) is 8.92 Å². The fourth-order valence-electron chi connectivity index (χ4n) is 3.05. The molecule has 9 heteroatoms. The molecular weight excluding hydrogens is 372 g/mol. The van der Waals surface area contributed by atoms with Gasteiger partial charge in [-0.15, -0.1) is 0 Å². The number of hydrogen-bond donors (Lipinski definition) is 1. The second-order valence-corrected chi connectivity index (χ2v) is 9.15. The molecule has 0 aliphatic carbocycles. The van der Waals surface area contributed by atoms with E-state index in [0.717, 1.165) is 11.8 Å². The largest absolute Gasteiger partial charge is 0.444 e. The summed E-state index contributed by atoms with van der Waals surface area (Å²) in [5.41, 5.74) is 0.393. The van der Waals surface area contributed by atoms with Crippen LogP contribution >= 0.6 is 0 Å². The molecule has 1 saturated heterocycles. The number of carbonyl (C=O) groups is 2. The molecule has 2 amide bonds. The second kappa shape index (κ2) is 8.37. The van der Waals surface area contributed by atoms with E-state index in [1.54, 1.807) is 12.1 Å². The molecule has 1 aliphatic rings. The van der Waals surface area contributed by atoms with E-state index in [1.807, 2.05) is 43.9 Å². The summed E-state index contributed by atoms with van der Waals surface area (Å²) in [5, 5.41) is 2.23. The number of hydrogen-bond acceptors (Lipinski definition) is 7. The van der Waals surface area contributed by atoms with Gasteiger partial charge >= 0.3 is 6.09 Å². The maximum Gasteiger partial charge on any atom is 0.414 e. The predicted molar refractivity (Wildman–Crippen MR) is 99.4 cm³/mol. The third kappa shape index (κ3) is 6.60. The van der Waals surface area contributed by atoms with Crippen LogP contribution in [0, 0.1) is 0 Å². The number of nitrogens with one attached hydrogen (secondary N) is 1. The molecule has 1 heterocycles. The van der Waals surface area contributed by atoms with Gasteiger partial charge in [0.15, 0.2) is 0 Å². The minimum absolute atomic E-state index is 0.0490. The van der Waals surface area contributed by atoms with E-state index in [9.17, 15) is 18.0 Å². The van der Waals surface area contributed by atoms with Crippen molar-refractivity contribution >= 4 is 22.1 Å².